The molecule has 1 aromatic rings. The molecule has 0 bridgehead atoms. The summed E-state index contributed by atoms with van der Waals surface area (Å²) >= 11 is 0. The summed E-state index contributed by atoms with van der Waals surface area (Å²) in [6.07, 6.45) is 5.41. The van der Waals surface area contributed by atoms with Crippen molar-refractivity contribution in [2.75, 3.05) is 0 Å². The van der Waals surface area contributed by atoms with E-state index in [4.69, 9.17) is 5.11 Å². The zero-order chi connectivity index (χ0) is 9.97. The van der Waals surface area contributed by atoms with E-state index in [2.05, 4.69) is 17.2 Å². The van der Waals surface area contributed by atoms with Crippen molar-refractivity contribution in [1.82, 2.24) is 10.3 Å². The normalized spacial score (nSPS) is 25.9. The van der Waals surface area contributed by atoms with E-state index >= 15 is 0 Å². The fourth-order valence-electron chi connectivity index (χ4n) is 1.71. The molecule has 0 amide bonds. The van der Waals surface area contributed by atoms with Crippen LogP contribution in [0.5, 0.6) is 0 Å². The third-order valence-electron chi connectivity index (χ3n) is 2.83. The Morgan fingerprint density at radius 1 is 1.57 bits per heavy atom. The van der Waals surface area contributed by atoms with Gasteiger partial charge in [0.2, 0.25) is 0 Å². The summed E-state index contributed by atoms with van der Waals surface area (Å²) in [6, 6.07) is 2.54. The summed E-state index contributed by atoms with van der Waals surface area (Å²) < 4.78 is 0. The molecule has 1 aliphatic carbocycles. The Morgan fingerprint density at radius 2 is 2.36 bits per heavy atom. The predicted octanol–water partition coefficient (Wildman–Crippen LogP) is 1.00. The second-order valence-corrected chi connectivity index (χ2v) is 4.01. The molecule has 0 atom stereocenters. The molecule has 2 rings (SSSR count). The van der Waals surface area contributed by atoms with Crippen LogP contribution in [-0.2, 0) is 6.54 Å². The van der Waals surface area contributed by atoms with E-state index < -0.39 is 0 Å². The molecular formula is C11H16N2O. The average molecular weight is 192 g/mol. The smallest absolute Gasteiger partial charge is 0.0570 e. The third kappa shape index (κ3) is 2.11. The lowest BCUT2D eigenvalue weighted by Crippen LogP contribution is -2.43. The van der Waals surface area contributed by atoms with Crippen molar-refractivity contribution in [3.05, 3.63) is 29.6 Å². The summed E-state index contributed by atoms with van der Waals surface area (Å²) in [5.74, 6) is 0. The average Bonchev–Trinajstić information content (AvgIpc) is 2.13. The molecule has 0 aliphatic heterocycles. The Balaban J connectivity index is 1.83. The molecule has 0 spiro atoms. The monoisotopic (exact) mass is 192 g/mol. The zero-order valence-corrected chi connectivity index (χ0v) is 8.40. The first-order valence-electron chi connectivity index (χ1n) is 5.06. The Morgan fingerprint density at radius 3 is 3.00 bits per heavy atom. The highest BCUT2D eigenvalue weighted by atomic mass is 16.3. The number of hydrogen-bond donors (Lipinski definition) is 2. The molecule has 0 radical (unpaired) electrons. The summed E-state index contributed by atoms with van der Waals surface area (Å²) in [5, 5.41) is 12.5. The van der Waals surface area contributed by atoms with Gasteiger partial charge in [-0.2, -0.15) is 0 Å². The van der Waals surface area contributed by atoms with Crippen LogP contribution in [0.1, 0.15) is 24.0 Å². The fourth-order valence-corrected chi connectivity index (χ4v) is 1.71. The third-order valence-corrected chi connectivity index (χ3v) is 2.83. The van der Waals surface area contributed by atoms with Crippen LogP contribution in [0.25, 0.3) is 0 Å². The van der Waals surface area contributed by atoms with Crippen LogP contribution in [0.4, 0.5) is 0 Å². The quantitative estimate of drug-likeness (QED) is 0.751. The molecule has 3 nitrogen and oxygen atoms in total. The molecular weight excluding hydrogens is 176 g/mol. The molecule has 1 saturated carbocycles. The van der Waals surface area contributed by atoms with Gasteiger partial charge >= 0.3 is 0 Å². The van der Waals surface area contributed by atoms with Crippen LogP contribution in [-0.4, -0.2) is 22.2 Å². The first-order valence-corrected chi connectivity index (χ1v) is 5.06. The Bertz CT molecular complexity index is 308. The van der Waals surface area contributed by atoms with Crippen molar-refractivity contribution < 1.29 is 5.11 Å². The van der Waals surface area contributed by atoms with Gasteiger partial charge in [0, 0.05) is 25.0 Å². The minimum atomic E-state index is -0.0777. The minimum Gasteiger partial charge on any atom is -0.393 e. The Kier molecular flexibility index (Phi) is 2.79. The van der Waals surface area contributed by atoms with Gasteiger partial charge in [0.1, 0.15) is 0 Å². The van der Waals surface area contributed by atoms with Gasteiger partial charge in [-0.3, -0.25) is 4.98 Å². The highest BCUT2D eigenvalue weighted by Crippen LogP contribution is 2.19. The number of aliphatic hydroxyl groups excluding tert-OH is 1. The van der Waals surface area contributed by atoms with Gasteiger partial charge in [-0.25, -0.2) is 0 Å². The number of hydrogen-bond acceptors (Lipinski definition) is 3. The van der Waals surface area contributed by atoms with E-state index in [1.807, 2.05) is 18.5 Å². The maximum absolute atomic E-state index is 9.12. The maximum atomic E-state index is 9.12. The van der Waals surface area contributed by atoms with Gasteiger partial charge < -0.3 is 10.4 Å². The number of nitrogens with one attached hydrogen (secondary N) is 1. The van der Waals surface area contributed by atoms with Crippen LogP contribution >= 0.6 is 0 Å². The van der Waals surface area contributed by atoms with Gasteiger partial charge in [0.05, 0.1) is 6.10 Å². The molecule has 1 aromatic heterocycles. The Hall–Kier alpha value is -0.930. The first-order chi connectivity index (χ1) is 6.75. The molecule has 0 aromatic carbocycles. The van der Waals surface area contributed by atoms with Crippen LogP contribution in [0.3, 0.4) is 0 Å². The summed E-state index contributed by atoms with van der Waals surface area (Å²) in [7, 11) is 0. The highest BCUT2D eigenvalue weighted by Gasteiger charge is 2.26. The van der Waals surface area contributed by atoms with Gasteiger partial charge in [0.25, 0.3) is 0 Å². The van der Waals surface area contributed by atoms with E-state index in [9.17, 15) is 0 Å². The molecule has 1 aliphatic rings. The van der Waals surface area contributed by atoms with Gasteiger partial charge in [-0.1, -0.05) is 0 Å². The fraction of sp³-hybridized carbons (Fsp3) is 0.545. The number of nitrogens with zero attached hydrogens (tertiary/aromatic N) is 1. The number of aryl methyl sites for hydroxylation is 1. The lowest BCUT2D eigenvalue weighted by atomic mass is 9.89. The lowest BCUT2D eigenvalue weighted by molar-refractivity contribution is 0.0619. The number of rotatable bonds is 3. The molecule has 14 heavy (non-hydrogen) atoms. The van der Waals surface area contributed by atoms with Crippen molar-refractivity contribution >= 4 is 0 Å². The van der Waals surface area contributed by atoms with Gasteiger partial charge in [-0.15, -0.1) is 0 Å². The molecule has 3 heteroatoms. The summed E-state index contributed by atoms with van der Waals surface area (Å²) in [4.78, 5) is 4.05. The maximum Gasteiger partial charge on any atom is 0.0570 e. The zero-order valence-electron chi connectivity index (χ0n) is 8.40. The number of pyridine rings is 1. The van der Waals surface area contributed by atoms with Crippen molar-refractivity contribution in [2.24, 2.45) is 0 Å². The number of aromatic nitrogens is 1. The molecule has 1 heterocycles. The van der Waals surface area contributed by atoms with Crippen LogP contribution in [0, 0.1) is 6.92 Å². The molecule has 1 fully saturated rings. The first kappa shape index (κ1) is 9.62. The van der Waals surface area contributed by atoms with Crippen LogP contribution in [0.15, 0.2) is 18.5 Å². The van der Waals surface area contributed by atoms with Crippen molar-refractivity contribution in [2.45, 2.75) is 38.5 Å². The van der Waals surface area contributed by atoms with Crippen molar-refractivity contribution in [3.63, 3.8) is 0 Å². The standard InChI is InChI=1S/C11H16N2O/c1-8-6-12-3-2-9(8)7-13-10-4-11(14)5-10/h2-3,6,10-11,13-14H,4-5,7H2,1H3. The van der Waals surface area contributed by atoms with Crippen LogP contribution < -0.4 is 5.32 Å². The van der Waals surface area contributed by atoms with Crippen LogP contribution in [0.2, 0.25) is 0 Å². The van der Waals surface area contributed by atoms with Crippen molar-refractivity contribution in [1.29, 1.82) is 0 Å². The van der Waals surface area contributed by atoms with Gasteiger partial charge in [-0.05, 0) is 37.0 Å². The molecule has 76 valence electrons. The largest absolute Gasteiger partial charge is 0.393 e. The van der Waals surface area contributed by atoms with E-state index in [0.717, 1.165) is 19.4 Å². The van der Waals surface area contributed by atoms with E-state index in [0.29, 0.717) is 6.04 Å². The number of aliphatic hydroxyl groups is 1. The molecule has 0 unspecified atom stereocenters. The van der Waals surface area contributed by atoms with Crippen molar-refractivity contribution in [3.8, 4) is 0 Å². The van der Waals surface area contributed by atoms with E-state index in [1.54, 1.807) is 0 Å². The highest BCUT2D eigenvalue weighted by molar-refractivity contribution is 5.21. The SMILES string of the molecule is Cc1cnccc1CNC1CC(O)C1. The summed E-state index contributed by atoms with van der Waals surface area (Å²) in [5.41, 5.74) is 2.52. The molecule has 0 saturated heterocycles. The summed E-state index contributed by atoms with van der Waals surface area (Å²) in [6.45, 7) is 2.95. The lowest BCUT2D eigenvalue weighted by Gasteiger charge is -2.32. The topological polar surface area (TPSA) is 45.2 Å². The second-order valence-electron chi connectivity index (χ2n) is 4.01. The second kappa shape index (κ2) is 4.07. The molecule has 2 N–H and O–H groups in total. The van der Waals surface area contributed by atoms with Gasteiger partial charge in [0.15, 0.2) is 0 Å². The minimum absolute atomic E-state index is 0.0777. The Labute approximate surface area is 84.2 Å². The van der Waals surface area contributed by atoms with E-state index in [1.165, 1.54) is 11.1 Å². The predicted molar refractivity (Wildman–Crippen MR) is 54.8 cm³/mol. The van der Waals surface area contributed by atoms with E-state index in [-0.39, 0.29) is 6.10 Å².